The van der Waals surface area contributed by atoms with Crippen LogP contribution in [0.5, 0.6) is 0 Å². The number of carboxylic acids is 1. The Balaban J connectivity index is 2.62. The Hall–Kier alpha value is -3.01. The molecule has 0 fully saturated rings. The fourth-order valence-corrected chi connectivity index (χ4v) is 2.11. The quantitative estimate of drug-likeness (QED) is 0.399. The molecule has 0 aliphatic heterocycles. The van der Waals surface area contributed by atoms with E-state index in [1.807, 2.05) is 0 Å². The van der Waals surface area contributed by atoms with Crippen molar-refractivity contribution in [1.82, 2.24) is 14.9 Å². The molecule has 0 amide bonds. The summed E-state index contributed by atoms with van der Waals surface area (Å²) in [6.45, 7) is 1.50. The van der Waals surface area contributed by atoms with Crippen LogP contribution >= 0.6 is 0 Å². The van der Waals surface area contributed by atoms with Crippen molar-refractivity contribution in [3.63, 3.8) is 0 Å². The van der Waals surface area contributed by atoms with Crippen LogP contribution in [0.2, 0.25) is 0 Å². The first kappa shape index (κ1) is 16.4. The van der Waals surface area contributed by atoms with Crippen molar-refractivity contribution in [3.05, 3.63) is 48.5 Å². The number of likely N-dealkylation sites (N-methyl/N-ethyl adjacent to an activating group) is 1. The number of H-pyrrole nitrogens is 2. The van der Waals surface area contributed by atoms with Gasteiger partial charge in [0.1, 0.15) is 6.04 Å². The lowest BCUT2D eigenvalue weighted by Crippen LogP contribution is -2.35. The minimum Gasteiger partial charge on any atom is -0.480 e. The molecular weight excluding hydrogens is 308 g/mol. The molecule has 1 aromatic heterocycles. The monoisotopic (exact) mass is 322 g/mol. The fraction of sp³-hybridized carbons (Fsp3) is 0.308. The number of rotatable bonds is 5. The number of fused-ring (bicyclic) bond motifs is 1. The highest BCUT2D eigenvalue weighted by molar-refractivity contribution is 5.80. The van der Waals surface area contributed by atoms with Crippen LogP contribution < -0.4 is 11.1 Å². The van der Waals surface area contributed by atoms with Gasteiger partial charge in [-0.05, 0) is 19.5 Å². The summed E-state index contributed by atoms with van der Waals surface area (Å²) in [6.07, 6.45) is 0. The Morgan fingerprint density at radius 3 is 2.52 bits per heavy atom. The molecule has 10 heteroatoms. The molecule has 10 nitrogen and oxygen atoms in total. The van der Waals surface area contributed by atoms with Crippen LogP contribution in [-0.4, -0.2) is 44.0 Å². The van der Waals surface area contributed by atoms with E-state index in [9.17, 15) is 24.5 Å². The molecule has 2 aromatic rings. The number of nitro benzene ring substituents is 1. The Bertz CT molecular complexity index is 899. The van der Waals surface area contributed by atoms with E-state index in [1.165, 1.54) is 24.9 Å². The van der Waals surface area contributed by atoms with Gasteiger partial charge < -0.3 is 15.1 Å². The molecule has 23 heavy (non-hydrogen) atoms. The lowest BCUT2D eigenvalue weighted by Gasteiger charge is -2.21. The van der Waals surface area contributed by atoms with Crippen LogP contribution in [0.4, 0.5) is 5.69 Å². The van der Waals surface area contributed by atoms with Gasteiger partial charge in [0.05, 0.1) is 16.0 Å². The second kappa shape index (κ2) is 6.01. The number of nitrogens with zero attached hydrogens (tertiary/aromatic N) is 2. The number of carboxylic acid groups (broad SMARTS) is 1. The van der Waals surface area contributed by atoms with E-state index in [-0.39, 0.29) is 23.3 Å². The standard InChI is InChI=1S/C13H14N4O6/c1-6(13(20)21)16(2)5-7-3-8(17(22)23)4-9-10(7)15-12(19)11(18)14-9/h3-4,6H,5H2,1-2H3,(H,14,18)(H,15,19)(H,20,21)/t6-/m0/s1. The first-order valence-electron chi connectivity index (χ1n) is 6.57. The van der Waals surface area contributed by atoms with Gasteiger partial charge in [-0.25, -0.2) is 0 Å². The highest BCUT2D eigenvalue weighted by atomic mass is 16.6. The molecule has 2 rings (SSSR count). The van der Waals surface area contributed by atoms with Crippen molar-refractivity contribution in [2.45, 2.75) is 19.5 Å². The molecular formula is C13H14N4O6. The SMILES string of the molecule is C[C@@H](C(=O)O)N(C)Cc1cc([N+](=O)[O-])cc2[nH]c(=O)c(=O)[nH]c12. The van der Waals surface area contributed by atoms with Crippen molar-refractivity contribution in [1.29, 1.82) is 0 Å². The number of carbonyl (C=O) groups is 1. The lowest BCUT2D eigenvalue weighted by molar-refractivity contribution is -0.384. The summed E-state index contributed by atoms with van der Waals surface area (Å²) in [5, 5.41) is 20.0. The zero-order chi connectivity index (χ0) is 17.3. The number of hydrogen-bond donors (Lipinski definition) is 3. The van der Waals surface area contributed by atoms with Crippen LogP contribution in [-0.2, 0) is 11.3 Å². The molecule has 3 N–H and O–H groups in total. The number of aromatic amines is 2. The van der Waals surface area contributed by atoms with Gasteiger partial charge in [-0.1, -0.05) is 0 Å². The number of aromatic nitrogens is 2. The van der Waals surface area contributed by atoms with Crippen molar-refractivity contribution in [2.75, 3.05) is 7.05 Å². The number of aliphatic carboxylic acids is 1. The minimum absolute atomic E-state index is 0.0353. The van der Waals surface area contributed by atoms with Crippen molar-refractivity contribution >= 4 is 22.7 Å². The predicted octanol–water partition coefficient (Wildman–Crippen LogP) is 0.0295. The molecule has 1 heterocycles. The van der Waals surface area contributed by atoms with Gasteiger partial charge in [-0.2, -0.15) is 0 Å². The summed E-state index contributed by atoms with van der Waals surface area (Å²) in [5.74, 6) is -1.05. The maximum absolute atomic E-state index is 11.5. The van der Waals surface area contributed by atoms with Crippen LogP contribution in [0.25, 0.3) is 11.0 Å². The largest absolute Gasteiger partial charge is 0.480 e. The molecule has 0 spiro atoms. The summed E-state index contributed by atoms with van der Waals surface area (Å²) in [6, 6.07) is 1.54. The van der Waals surface area contributed by atoms with Crippen molar-refractivity contribution in [2.24, 2.45) is 0 Å². The molecule has 0 aliphatic carbocycles. The van der Waals surface area contributed by atoms with E-state index in [4.69, 9.17) is 5.11 Å². The first-order chi connectivity index (χ1) is 10.7. The van der Waals surface area contributed by atoms with E-state index in [1.54, 1.807) is 0 Å². The lowest BCUT2D eigenvalue weighted by atomic mass is 10.1. The molecule has 0 saturated heterocycles. The summed E-state index contributed by atoms with van der Waals surface area (Å²) in [7, 11) is 1.53. The third-order valence-electron chi connectivity index (χ3n) is 3.55. The fourth-order valence-electron chi connectivity index (χ4n) is 2.11. The molecule has 0 unspecified atom stereocenters. The van der Waals surface area contributed by atoms with Crippen LogP contribution in [0, 0.1) is 10.1 Å². The topological polar surface area (TPSA) is 149 Å². The number of nitrogens with one attached hydrogen (secondary N) is 2. The van der Waals surface area contributed by atoms with Gasteiger partial charge in [0, 0.05) is 18.7 Å². The Morgan fingerprint density at radius 2 is 1.96 bits per heavy atom. The molecule has 0 saturated carbocycles. The minimum atomic E-state index is -1.05. The van der Waals surface area contributed by atoms with E-state index in [2.05, 4.69) is 9.97 Å². The Morgan fingerprint density at radius 1 is 1.35 bits per heavy atom. The molecule has 1 aromatic carbocycles. The summed E-state index contributed by atoms with van der Waals surface area (Å²) in [4.78, 5) is 50.4. The van der Waals surface area contributed by atoms with Gasteiger partial charge in [0.25, 0.3) is 5.69 Å². The Kier molecular flexibility index (Phi) is 4.27. The number of benzene rings is 1. The summed E-state index contributed by atoms with van der Waals surface area (Å²) >= 11 is 0. The van der Waals surface area contributed by atoms with Gasteiger partial charge >= 0.3 is 17.1 Å². The molecule has 0 bridgehead atoms. The maximum atomic E-state index is 11.5. The summed E-state index contributed by atoms with van der Waals surface area (Å²) in [5.41, 5.74) is -1.41. The predicted molar refractivity (Wildman–Crippen MR) is 80.4 cm³/mol. The zero-order valence-electron chi connectivity index (χ0n) is 12.3. The van der Waals surface area contributed by atoms with E-state index in [0.29, 0.717) is 5.56 Å². The van der Waals surface area contributed by atoms with E-state index >= 15 is 0 Å². The smallest absolute Gasteiger partial charge is 0.320 e. The third-order valence-corrected chi connectivity index (χ3v) is 3.55. The first-order valence-corrected chi connectivity index (χ1v) is 6.57. The van der Waals surface area contributed by atoms with Gasteiger partial charge in [-0.3, -0.25) is 29.4 Å². The second-order valence-electron chi connectivity index (χ2n) is 5.12. The molecule has 122 valence electrons. The second-order valence-corrected chi connectivity index (χ2v) is 5.12. The van der Waals surface area contributed by atoms with Gasteiger partial charge in [0.2, 0.25) is 0 Å². The average molecular weight is 322 g/mol. The maximum Gasteiger partial charge on any atom is 0.320 e. The zero-order valence-corrected chi connectivity index (χ0v) is 12.3. The van der Waals surface area contributed by atoms with E-state index < -0.39 is 28.1 Å². The highest BCUT2D eigenvalue weighted by Crippen LogP contribution is 2.23. The van der Waals surface area contributed by atoms with Gasteiger partial charge in [-0.15, -0.1) is 0 Å². The highest BCUT2D eigenvalue weighted by Gasteiger charge is 2.20. The number of non-ortho nitro benzene ring substituents is 1. The number of hydrogen-bond acceptors (Lipinski definition) is 6. The van der Waals surface area contributed by atoms with Crippen LogP contribution in [0.3, 0.4) is 0 Å². The van der Waals surface area contributed by atoms with Crippen molar-refractivity contribution in [3.8, 4) is 0 Å². The normalized spacial score (nSPS) is 12.5. The van der Waals surface area contributed by atoms with Crippen molar-refractivity contribution < 1.29 is 14.8 Å². The molecule has 1 atom stereocenters. The Labute approximate surface area is 128 Å². The van der Waals surface area contributed by atoms with E-state index in [0.717, 1.165) is 6.07 Å². The average Bonchev–Trinajstić information content (AvgIpc) is 2.47. The summed E-state index contributed by atoms with van der Waals surface area (Å²) < 4.78 is 0. The van der Waals surface area contributed by atoms with Gasteiger partial charge in [0.15, 0.2) is 0 Å². The number of nitro groups is 1. The molecule has 0 aliphatic rings. The van der Waals surface area contributed by atoms with Crippen LogP contribution in [0.15, 0.2) is 21.7 Å². The van der Waals surface area contributed by atoms with Crippen LogP contribution in [0.1, 0.15) is 12.5 Å². The molecule has 0 radical (unpaired) electrons. The third kappa shape index (κ3) is 3.26.